The number of halogens is 1. The van der Waals surface area contributed by atoms with Crippen LogP contribution in [0.4, 0.5) is 0 Å². The molecule has 1 aliphatic heterocycles. The highest BCUT2D eigenvalue weighted by atomic mass is 35.5. The minimum Gasteiger partial charge on any atom is -0.486 e. The summed E-state index contributed by atoms with van der Waals surface area (Å²) in [5.41, 5.74) is 0.435. The second-order valence-corrected chi connectivity index (χ2v) is 4.64. The van der Waals surface area contributed by atoms with Crippen molar-refractivity contribution in [3.8, 4) is 17.2 Å². The molecule has 0 atom stereocenters. The molecule has 0 radical (unpaired) electrons. The number of hydrogen-bond acceptors (Lipinski definition) is 4. The average molecular weight is 291 g/mol. The molecule has 0 amide bonds. The van der Waals surface area contributed by atoms with Crippen molar-refractivity contribution in [2.75, 3.05) is 13.2 Å². The Balaban J connectivity index is 1.77. The summed E-state index contributed by atoms with van der Waals surface area (Å²) in [5, 5.41) is 0.570. The molecule has 0 unspecified atom stereocenters. The summed E-state index contributed by atoms with van der Waals surface area (Å²) in [5.74, 6) is 1.20. The maximum Gasteiger partial charge on any atom is 0.343 e. The summed E-state index contributed by atoms with van der Waals surface area (Å²) in [6.45, 7) is 1.01. The molecule has 0 bridgehead atoms. The molecule has 1 aliphatic rings. The lowest BCUT2D eigenvalue weighted by molar-refractivity contribution is 0.0733. The number of ether oxygens (including phenoxy) is 3. The number of esters is 1. The Morgan fingerprint density at radius 3 is 2.45 bits per heavy atom. The smallest absolute Gasteiger partial charge is 0.343 e. The van der Waals surface area contributed by atoms with Gasteiger partial charge in [-0.05, 0) is 36.4 Å². The third kappa shape index (κ3) is 2.70. The molecule has 0 aliphatic carbocycles. The van der Waals surface area contributed by atoms with Gasteiger partial charge in [-0.25, -0.2) is 4.79 Å². The van der Waals surface area contributed by atoms with Crippen molar-refractivity contribution in [1.82, 2.24) is 0 Å². The van der Waals surface area contributed by atoms with E-state index in [0.29, 0.717) is 41.0 Å². The van der Waals surface area contributed by atoms with Gasteiger partial charge in [0.05, 0.1) is 5.56 Å². The van der Waals surface area contributed by atoms with Crippen LogP contribution in [0.2, 0.25) is 5.02 Å². The van der Waals surface area contributed by atoms with Gasteiger partial charge in [0.15, 0.2) is 11.5 Å². The highest BCUT2D eigenvalue weighted by Crippen LogP contribution is 2.33. The van der Waals surface area contributed by atoms with Crippen LogP contribution >= 0.6 is 11.6 Å². The average Bonchev–Trinajstić information content (AvgIpc) is 2.48. The summed E-state index contributed by atoms with van der Waals surface area (Å²) in [4.78, 5) is 12.0. The molecule has 20 heavy (non-hydrogen) atoms. The summed E-state index contributed by atoms with van der Waals surface area (Å²) in [6, 6.07) is 11.5. The predicted molar refractivity (Wildman–Crippen MR) is 73.8 cm³/mol. The molecule has 2 aromatic rings. The van der Waals surface area contributed by atoms with Gasteiger partial charge in [-0.3, -0.25) is 0 Å². The monoisotopic (exact) mass is 290 g/mol. The number of fused-ring (bicyclic) bond motifs is 1. The fourth-order valence-electron chi connectivity index (χ4n) is 1.84. The number of carbonyl (C=O) groups excluding carboxylic acids is 1. The fourth-order valence-corrected chi connectivity index (χ4v) is 1.97. The van der Waals surface area contributed by atoms with Crippen molar-refractivity contribution in [2.24, 2.45) is 0 Å². The van der Waals surface area contributed by atoms with Gasteiger partial charge < -0.3 is 14.2 Å². The molecule has 0 saturated carbocycles. The van der Waals surface area contributed by atoms with Crippen LogP contribution in [0.25, 0.3) is 0 Å². The molecule has 102 valence electrons. The summed E-state index contributed by atoms with van der Waals surface area (Å²) in [6.07, 6.45) is 0. The number of carbonyl (C=O) groups is 1. The van der Waals surface area contributed by atoms with E-state index < -0.39 is 5.97 Å². The van der Waals surface area contributed by atoms with E-state index >= 15 is 0 Å². The van der Waals surface area contributed by atoms with Crippen molar-refractivity contribution < 1.29 is 19.0 Å². The molecule has 0 aromatic heterocycles. The van der Waals surface area contributed by atoms with Crippen molar-refractivity contribution in [1.29, 1.82) is 0 Å². The Kier molecular flexibility index (Phi) is 3.48. The minimum absolute atomic E-state index is 0.411. The van der Waals surface area contributed by atoms with E-state index in [9.17, 15) is 4.79 Å². The van der Waals surface area contributed by atoms with E-state index in [-0.39, 0.29) is 0 Å². The fraction of sp³-hybridized carbons (Fsp3) is 0.133. The maximum atomic E-state index is 12.0. The van der Waals surface area contributed by atoms with E-state index in [1.165, 1.54) is 0 Å². The van der Waals surface area contributed by atoms with Crippen molar-refractivity contribution in [2.45, 2.75) is 0 Å². The van der Waals surface area contributed by atoms with E-state index in [0.717, 1.165) is 0 Å². The van der Waals surface area contributed by atoms with E-state index in [4.69, 9.17) is 25.8 Å². The number of rotatable bonds is 2. The lowest BCUT2D eigenvalue weighted by Gasteiger charge is -2.18. The highest BCUT2D eigenvalue weighted by Gasteiger charge is 2.14. The predicted octanol–water partition coefficient (Wildman–Crippen LogP) is 3.33. The molecular weight excluding hydrogens is 280 g/mol. The van der Waals surface area contributed by atoms with Crippen LogP contribution in [0.15, 0.2) is 42.5 Å². The van der Waals surface area contributed by atoms with Gasteiger partial charge in [0.25, 0.3) is 0 Å². The van der Waals surface area contributed by atoms with E-state index in [1.54, 1.807) is 42.5 Å². The Hall–Kier alpha value is -2.20. The molecule has 1 heterocycles. The first-order valence-corrected chi connectivity index (χ1v) is 6.47. The largest absolute Gasteiger partial charge is 0.486 e. The summed E-state index contributed by atoms with van der Waals surface area (Å²) in [7, 11) is 0. The molecule has 5 heteroatoms. The van der Waals surface area contributed by atoms with E-state index in [1.807, 2.05) is 0 Å². The second kappa shape index (κ2) is 5.43. The van der Waals surface area contributed by atoms with Crippen LogP contribution in [-0.4, -0.2) is 19.2 Å². The molecule has 2 aromatic carbocycles. The van der Waals surface area contributed by atoms with Crippen LogP contribution in [0.5, 0.6) is 17.2 Å². The molecular formula is C15H11ClO4. The Bertz CT molecular complexity index is 637. The SMILES string of the molecule is O=C(Oc1ccc2c(c1)OCCO2)c1ccc(Cl)cc1. The van der Waals surface area contributed by atoms with Gasteiger partial charge in [-0.1, -0.05) is 11.6 Å². The molecule has 4 nitrogen and oxygen atoms in total. The third-order valence-electron chi connectivity index (χ3n) is 2.80. The summed E-state index contributed by atoms with van der Waals surface area (Å²) < 4.78 is 16.1. The third-order valence-corrected chi connectivity index (χ3v) is 3.06. The first kappa shape index (κ1) is 12.8. The molecule has 0 saturated heterocycles. The van der Waals surface area contributed by atoms with Crippen LogP contribution in [0.3, 0.4) is 0 Å². The molecule has 3 rings (SSSR count). The van der Waals surface area contributed by atoms with Crippen LogP contribution in [0.1, 0.15) is 10.4 Å². The maximum absolute atomic E-state index is 12.0. The molecule has 0 spiro atoms. The quantitative estimate of drug-likeness (QED) is 0.628. The lowest BCUT2D eigenvalue weighted by atomic mass is 10.2. The highest BCUT2D eigenvalue weighted by molar-refractivity contribution is 6.30. The zero-order valence-corrected chi connectivity index (χ0v) is 11.2. The van der Waals surface area contributed by atoms with Gasteiger partial charge in [0.1, 0.15) is 19.0 Å². The van der Waals surface area contributed by atoms with Crippen LogP contribution < -0.4 is 14.2 Å². The van der Waals surface area contributed by atoms with Crippen molar-refractivity contribution in [3.05, 3.63) is 53.1 Å². The van der Waals surface area contributed by atoms with E-state index in [2.05, 4.69) is 0 Å². The lowest BCUT2D eigenvalue weighted by Crippen LogP contribution is -2.15. The Morgan fingerprint density at radius 2 is 1.70 bits per heavy atom. The zero-order valence-electron chi connectivity index (χ0n) is 10.5. The van der Waals surface area contributed by atoms with Gasteiger partial charge in [0, 0.05) is 11.1 Å². The van der Waals surface area contributed by atoms with Crippen LogP contribution in [-0.2, 0) is 0 Å². The van der Waals surface area contributed by atoms with Crippen molar-refractivity contribution in [3.63, 3.8) is 0 Å². The van der Waals surface area contributed by atoms with Gasteiger partial charge >= 0.3 is 5.97 Å². The van der Waals surface area contributed by atoms with Gasteiger partial charge in [-0.15, -0.1) is 0 Å². The number of hydrogen-bond donors (Lipinski definition) is 0. The van der Waals surface area contributed by atoms with Crippen LogP contribution in [0, 0.1) is 0 Å². The van der Waals surface area contributed by atoms with Gasteiger partial charge in [0.2, 0.25) is 0 Å². The Morgan fingerprint density at radius 1 is 1.00 bits per heavy atom. The van der Waals surface area contributed by atoms with Gasteiger partial charge in [-0.2, -0.15) is 0 Å². The number of benzene rings is 2. The first-order chi connectivity index (χ1) is 9.72. The summed E-state index contributed by atoms with van der Waals surface area (Å²) >= 11 is 5.77. The molecule has 0 fully saturated rings. The zero-order chi connectivity index (χ0) is 13.9. The standard InChI is InChI=1S/C15H11ClO4/c16-11-3-1-10(2-4-11)15(17)20-12-5-6-13-14(9-12)19-8-7-18-13/h1-6,9H,7-8H2. The molecule has 0 N–H and O–H groups in total. The normalized spacial score (nSPS) is 12.8. The van der Waals surface area contributed by atoms with Crippen molar-refractivity contribution >= 4 is 17.6 Å². The minimum atomic E-state index is -0.446. The second-order valence-electron chi connectivity index (χ2n) is 4.20. The first-order valence-electron chi connectivity index (χ1n) is 6.10. The Labute approximate surface area is 120 Å². The topological polar surface area (TPSA) is 44.8 Å².